The van der Waals surface area contributed by atoms with Crippen LogP contribution in [0.4, 0.5) is 13.2 Å². The molecular formula is C10H8F3N5O. The summed E-state index contributed by atoms with van der Waals surface area (Å²) < 4.78 is 38.2. The smallest absolute Gasteiger partial charge is 0.338 e. The zero-order valence-corrected chi connectivity index (χ0v) is 9.50. The van der Waals surface area contributed by atoms with Gasteiger partial charge < -0.3 is 4.90 Å². The van der Waals surface area contributed by atoms with Gasteiger partial charge in [0.15, 0.2) is 0 Å². The van der Waals surface area contributed by atoms with Crippen LogP contribution in [-0.4, -0.2) is 34.9 Å². The SMILES string of the molecule is [N-]=[N+]=NC1CN(C(=O)c2cnccc2C(F)(F)F)C1. The first kappa shape index (κ1) is 13.2. The molecule has 0 atom stereocenters. The molecule has 1 aromatic rings. The van der Waals surface area contributed by atoms with Gasteiger partial charge in [-0.25, -0.2) is 0 Å². The standard InChI is InChI=1S/C10H8F3N5O/c11-10(12,13)8-1-2-15-3-7(8)9(19)18-4-6(5-18)16-17-14/h1-3,6H,4-5H2. The summed E-state index contributed by atoms with van der Waals surface area (Å²) >= 11 is 0. The van der Waals surface area contributed by atoms with Crippen molar-refractivity contribution in [2.75, 3.05) is 13.1 Å². The maximum atomic E-state index is 12.7. The van der Waals surface area contributed by atoms with Crippen LogP contribution in [0.15, 0.2) is 23.6 Å². The average Bonchev–Trinajstić information content (AvgIpc) is 2.31. The van der Waals surface area contributed by atoms with Crippen molar-refractivity contribution in [1.82, 2.24) is 9.88 Å². The fraction of sp³-hybridized carbons (Fsp3) is 0.400. The Labute approximate surface area is 105 Å². The number of hydrogen-bond acceptors (Lipinski definition) is 3. The zero-order valence-electron chi connectivity index (χ0n) is 9.50. The largest absolute Gasteiger partial charge is 0.417 e. The third-order valence-electron chi connectivity index (χ3n) is 2.72. The fourth-order valence-electron chi connectivity index (χ4n) is 1.75. The van der Waals surface area contributed by atoms with Gasteiger partial charge in [-0.15, -0.1) is 0 Å². The molecule has 9 heteroatoms. The van der Waals surface area contributed by atoms with E-state index < -0.39 is 23.2 Å². The lowest BCUT2D eigenvalue weighted by Gasteiger charge is -2.36. The number of aromatic nitrogens is 1. The van der Waals surface area contributed by atoms with Gasteiger partial charge in [0, 0.05) is 30.4 Å². The third-order valence-corrected chi connectivity index (χ3v) is 2.72. The van der Waals surface area contributed by atoms with Crippen LogP contribution in [0.3, 0.4) is 0 Å². The minimum Gasteiger partial charge on any atom is -0.338 e. The van der Waals surface area contributed by atoms with Crippen molar-refractivity contribution in [3.8, 4) is 0 Å². The summed E-state index contributed by atoms with van der Waals surface area (Å²) in [4.78, 5) is 19.2. The molecular weight excluding hydrogens is 263 g/mol. The number of rotatable bonds is 2. The molecule has 19 heavy (non-hydrogen) atoms. The molecule has 0 N–H and O–H groups in total. The van der Waals surface area contributed by atoms with E-state index in [0.29, 0.717) is 0 Å². The molecule has 1 aromatic heterocycles. The van der Waals surface area contributed by atoms with E-state index in [9.17, 15) is 18.0 Å². The second-order valence-corrected chi connectivity index (χ2v) is 3.99. The summed E-state index contributed by atoms with van der Waals surface area (Å²) in [5.74, 6) is -0.759. The number of hydrogen-bond donors (Lipinski definition) is 0. The number of alkyl halides is 3. The minimum atomic E-state index is -4.61. The van der Waals surface area contributed by atoms with E-state index in [-0.39, 0.29) is 19.1 Å². The number of likely N-dealkylation sites (tertiary alicyclic amines) is 1. The maximum Gasteiger partial charge on any atom is 0.417 e. The van der Waals surface area contributed by atoms with Gasteiger partial charge in [-0.05, 0) is 11.6 Å². The number of nitrogens with zero attached hydrogens (tertiary/aromatic N) is 5. The van der Waals surface area contributed by atoms with E-state index >= 15 is 0 Å². The number of carbonyl (C=O) groups is 1. The van der Waals surface area contributed by atoms with E-state index in [0.717, 1.165) is 18.5 Å². The molecule has 0 unspecified atom stereocenters. The van der Waals surface area contributed by atoms with Gasteiger partial charge >= 0.3 is 6.18 Å². The maximum absolute atomic E-state index is 12.7. The molecule has 0 aliphatic carbocycles. The zero-order chi connectivity index (χ0) is 14.0. The quantitative estimate of drug-likeness (QED) is 0.469. The van der Waals surface area contributed by atoms with E-state index in [4.69, 9.17) is 5.53 Å². The normalized spacial score (nSPS) is 15.6. The summed E-state index contributed by atoms with van der Waals surface area (Å²) in [5.41, 5.74) is 6.69. The van der Waals surface area contributed by atoms with E-state index in [1.807, 2.05) is 0 Å². The Hall–Kier alpha value is -2.28. The Morgan fingerprint density at radius 2 is 2.21 bits per heavy atom. The monoisotopic (exact) mass is 271 g/mol. The highest BCUT2D eigenvalue weighted by atomic mass is 19.4. The van der Waals surface area contributed by atoms with Crippen LogP contribution in [-0.2, 0) is 6.18 Å². The molecule has 1 aliphatic heterocycles. The van der Waals surface area contributed by atoms with Gasteiger partial charge in [-0.2, -0.15) is 13.2 Å². The van der Waals surface area contributed by atoms with Gasteiger partial charge in [0.05, 0.1) is 17.2 Å². The highest BCUT2D eigenvalue weighted by molar-refractivity contribution is 5.96. The molecule has 0 spiro atoms. The van der Waals surface area contributed by atoms with E-state index in [1.54, 1.807) is 0 Å². The minimum absolute atomic E-state index is 0.120. The van der Waals surface area contributed by atoms with Crippen LogP contribution in [0.2, 0.25) is 0 Å². The second-order valence-electron chi connectivity index (χ2n) is 3.99. The first-order valence-electron chi connectivity index (χ1n) is 5.28. The van der Waals surface area contributed by atoms with Crippen LogP contribution in [0.1, 0.15) is 15.9 Å². The Morgan fingerprint density at radius 1 is 1.53 bits per heavy atom. The molecule has 100 valence electrons. The number of azide groups is 1. The van der Waals surface area contributed by atoms with Crippen LogP contribution < -0.4 is 0 Å². The van der Waals surface area contributed by atoms with Crippen molar-refractivity contribution < 1.29 is 18.0 Å². The highest BCUT2D eigenvalue weighted by Crippen LogP contribution is 2.32. The summed E-state index contributed by atoms with van der Waals surface area (Å²) in [6.07, 6.45) is -2.73. The van der Waals surface area contributed by atoms with Crippen molar-refractivity contribution in [3.63, 3.8) is 0 Å². The van der Waals surface area contributed by atoms with Crippen molar-refractivity contribution in [3.05, 3.63) is 40.0 Å². The van der Waals surface area contributed by atoms with Crippen LogP contribution in [0.5, 0.6) is 0 Å². The van der Waals surface area contributed by atoms with Crippen LogP contribution in [0, 0.1) is 0 Å². The average molecular weight is 271 g/mol. The summed E-state index contributed by atoms with van der Waals surface area (Å²) in [5, 5.41) is 3.38. The molecule has 0 radical (unpaired) electrons. The molecule has 6 nitrogen and oxygen atoms in total. The molecule has 2 rings (SSSR count). The van der Waals surface area contributed by atoms with Gasteiger partial charge in [0.1, 0.15) is 0 Å². The van der Waals surface area contributed by atoms with Gasteiger partial charge in [0.25, 0.3) is 5.91 Å². The van der Waals surface area contributed by atoms with Crippen molar-refractivity contribution in [2.45, 2.75) is 12.2 Å². The predicted molar refractivity (Wildman–Crippen MR) is 58.1 cm³/mol. The highest BCUT2D eigenvalue weighted by Gasteiger charge is 2.38. The second kappa shape index (κ2) is 4.77. The van der Waals surface area contributed by atoms with Crippen molar-refractivity contribution in [1.29, 1.82) is 0 Å². The van der Waals surface area contributed by atoms with Crippen LogP contribution >= 0.6 is 0 Å². The first-order valence-corrected chi connectivity index (χ1v) is 5.28. The molecule has 0 saturated carbocycles. The lowest BCUT2D eigenvalue weighted by Crippen LogP contribution is -2.52. The van der Waals surface area contributed by atoms with E-state index in [2.05, 4.69) is 15.0 Å². The fourth-order valence-corrected chi connectivity index (χ4v) is 1.75. The predicted octanol–water partition coefficient (Wildman–Crippen LogP) is 2.24. The molecule has 1 amide bonds. The summed E-state index contributed by atoms with van der Waals surface area (Å²) in [7, 11) is 0. The lowest BCUT2D eigenvalue weighted by atomic mass is 10.0. The Bertz CT molecular complexity index is 546. The molecule has 0 aromatic carbocycles. The number of pyridine rings is 1. The molecule has 1 fully saturated rings. The van der Waals surface area contributed by atoms with Crippen molar-refractivity contribution >= 4 is 5.91 Å². The lowest BCUT2D eigenvalue weighted by molar-refractivity contribution is -0.138. The molecule has 2 heterocycles. The van der Waals surface area contributed by atoms with Gasteiger partial charge in [-0.3, -0.25) is 9.78 Å². The molecule has 1 aliphatic rings. The van der Waals surface area contributed by atoms with Gasteiger partial charge in [0.2, 0.25) is 0 Å². The number of halogens is 3. The first-order chi connectivity index (χ1) is 8.93. The third kappa shape index (κ3) is 2.60. The van der Waals surface area contributed by atoms with Gasteiger partial charge in [-0.1, -0.05) is 5.11 Å². The Kier molecular flexibility index (Phi) is 3.30. The topological polar surface area (TPSA) is 82.0 Å². The Balaban J connectivity index is 2.19. The Morgan fingerprint density at radius 3 is 2.79 bits per heavy atom. The molecule has 0 bridgehead atoms. The number of amides is 1. The summed E-state index contributed by atoms with van der Waals surface area (Å²) in [6, 6.07) is 0.387. The van der Waals surface area contributed by atoms with Crippen molar-refractivity contribution in [2.24, 2.45) is 5.11 Å². The van der Waals surface area contributed by atoms with Crippen LogP contribution in [0.25, 0.3) is 10.4 Å². The summed E-state index contributed by atoms with van der Waals surface area (Å²) in [6.45, 7) is 0.240. The number of carbonyl (C=O) groups excluding carboxylic acids is 1. The molecule has 1 saturated heterocycles. The van der Waals surface area contributed by atoms with E-state index in [1.165, 1.54) is 4.90 Å².